The van der Waals surface area contributed by atoms with Crippen molar-refractivity contribution in [2.75, 3.05) is 26.4 Å². The number of ether oxygens (including phenoxy) is 6. The number of esters is 2. The minimum Gasteiger partial charge on any atom is -0.462 e. The van der Waals surface area contributed by atoms with Gasteiger partial charge in [0.2, 0.25) is 0 Å². The van der Waals surface area contributed by atoms with Gasteiger partial charge in [-0.15, -0.1) is 0 Å². The van der Waals surface area contributed by atoms with Gasteiger partial charge in [0.05, 0.1) is 19.8 Å². The van der Waals surface area contributed by atoms with E-state index < -0.39 is 99.3 Å². The predicted octanol–water partition coefficient (Wildman–Crippen LogP) is 5.70. The Morgan fingerprint density at radius 2 is 0.984 bits per heavy atom. The van der Waals surface area contributed by atoms with Gasteiger partial charge in [0.15, 0.2) is 18.7 Å². The molecule has 368 valence electrons. The maximum absolute atomic E-state index is 12.9. The average molecular weight is 911 g/mol. The van der Waals surface area contributed by atoms with Gasteiger partial charge < -0.3 is 64.2 Å². The van der Waals surface area contributed by atoms with E-state index in [2.05, 4.69) is 62.5 Å². The molecule has 2 aliphatic rings. The van der Waals surface area contributed by atoms with Gasteiger partial charge in [0.25, 0.3) is 0 Å². The lowest BCUT2D eigenvalue weighted by molar-refractivity contribution is -0.332. The number of rotatable bonds is 35. The van der Waals surface area contributed by atoms with Crippen molar-refractivity contribution >= 4 is 11.9 Å². The van der Waals surface area contributed by atoms with Crippen LogP contribution in [0, 0.1) is 0 Å². The predicted molar refractivity (Wildman–Crippen MR) is 243 cm³/mol. The lowest BCUT2D eigenvalue weighted by Gasteiger charge is -2.42. The second-order valence-corrected chi connectivity index (χ2v) is 16.6. The second-order valence-electron chi connectivity index (χ2n) is 16.6. The maximum Gasteiger partial charge on any atom is 0.306 e. The average Bonchev–Trinajstić information content (AvgIpc) is 3.29. The fourth-order valence-electron chi connectivity index (χ4n) is 7.07. The first-order valence-electron chi connectivity index (χ1n) is 23.9. The Kier molecular flexibility index (Phi) is 32.5. The van der Waals surface area contributed by atoms with E-state index in [1.54, 1.807) is 0 Å². The van der Waals surface area contributed by atoms with Crippen LogP contribution < -0.4 is 0 Å². The largest absolute Gasteiger partial charge is 0.462 e. The Hall–Kier alpha value is -2.80. The molecule has 0 aromatic heterocycles. The summed E-state index contributed by atoms with van der Waals surface area (Å²) < 4.78 is 33.4. The highest BCUT2D eigenvalue weighted by Crippen LogP contribution is 2.26. The Bertz CT molecular complexity index is 1350. The van der Waals surface area contributed by atoms with E-state index in [0.717, 1.165) is 51.4 Å². The van der Waals surface area contributed by atoms with Crippen LogP contribution in [0.25, 0.3) is 0 Å². The van der Waals surface area contributed by atoms with Crippen molar-refractivity contribution < 1.29 is 73.8 Å². The lowest BCUT2D eigenvalue weighted by Crippen LogP contribution is -2.61. The van der Waals surface area contributed by atoms with Crippen LogP contribution in [0.1, 0.15) is 142 Å². The molecule has 0 amide bonds. The van der Waals surface area contributed by atoms with E-state index in [0.29, 0.717) is 19.3 Å². The lowest BCUT2D eigenvalue weighted by atomic mass is 9.98. The molecular weight excluding hydrogens is 829 g/mol. The van der Waals surface area contributed by atoms with Crippen LogP contribution in [0.4, 0.5) is 0 Å². The molecule has 0 aliphatic carbocycles. The van der Waals surface area contributed by atoms with Crippen LogP contribution in [0.2, 0.25) is 0 Å². The van der Waals surface area contributed by atoms with Crippen molar-refractivity contribution in [3.63, 3.8) is 0 Å². The van der Waals surface area contributed by atoms with Gasteiger partial charge in [-0.25, -0.2) is 0 Å². The molecule has 64 heavy (non-hydrogen) atoms. The first kappa shape index (κ1) is 57.3. The molecule has 11 atom stereocenters. The summed E-state index contributed by atoms with van der Waals surface area (Å²) in [6.07, 6.45) is 22.7. The minimum absolute atomic E-state index is 0.0856. The fourth-order valence-corrected chi connectivity index (χ4v) is 7.07. The summed E-state index contributed by atoms with van der Waals surface area (Å²) >= 11 is 0. The van der Waals surface area contributed by atoms with Crippen LogP contribution in [0.5, 0.6) is 0 Å². The molecule has 0 radical (unpaired) electrons. The molecule has 15 nitrogen and oxygen atoms in total. The van der Waals surface area contributed by atoms with Gasteiger partial charge in [-0.1, -0.05) is 139 Å². The van der Waals surface area contributed by atoms with Gasteiger partial charge in [0, 0.05) is 12.8 Å². The summed E-state index contributed by atoms with van der Waals surface area (Å²) in [6, 6.07) is 0. The van der Waals surface area contributed by atoms with Crippen molar-refractivity contribution in [1.29, 1.82) is 0 Å². The SMILES string of the molecule is CC/C=C/C/C=C/C/C=C/C/C=C/C/C=C/CCCC(=O)O[C@H](COC(=O)CCCCCCCCCCCCC)CO[C@H]1O[C@@H](CO[C@H]2O[C@@H](CO)[C@@H](O)C(O)C2O)[C@@H](O)C(O)C1O. The molecule has 0 aromatic rings. The second kappa shape index (κ2) is 36.3. The van der Waals surface area contributed by atoms with Gasteiger partial charge in [-0.2, -0.15) is 0 Å². The van der Waals surface area contributed by atoms with Gasteiger partial charge >= 0.3 is 11.9 Å². The Morgan fingerprint density at radius 3 is 1.53 bits per heavy atom. The van der Waals surface area contributed by atoms with E-state index in [9.17, 15) is 45.3 Å². The van der Waals surface area contributed by atoms with Crippen LogP contribution in [-0.4, -0.2) is 142 Å². The molecule has 0 saturated carbocycles. The monoisotopic (exact) mass is 911 g/mol. The smallest absolute Gasteiger partial charge is 0.306 e. The van der Waals surface area contributed by atoms with Crippen molar-refractivity contribution in [2.24, 2.45) is 0 Å². The molecular formula is C49H82O15. The quantitative estimate of drug-likeness (QED) is 0.0230. The summed E-state index contributed by atoms with van der Waals surface area (Å²) in [5.41, 5.74) is 0. The van der Waals surface area contributed by atoms with Crippen molar-refractivity contribution in [2.45, 2.75) is 210 Å². The van der Waals surface area contributed by atoms with Crippen LogP contribution in [-0.2, 0) is 38.0 Å². The topological polar surface area (TPSA) is 231 Å². The van der Waals surface area contributed by atoms with Crippen molar-refractivity contribution in [3.05, 3.63) is 60.8 Å². The Balaban J connectivity index is 1.87. The summed E-state index contributed by atoms with van der Waals surface area (Å²) in [5, 5.41) is 71.9. The first-order chi connectivity index (χ1) is 31.0. The number of unbranched alkanes of at least 4 members (excludes halogenated alkanes) is 11. The number of hydrogen-bond donors (Lipinski definition) is 7. The minimum atomic E-state index is -1.78. The third-order valence-corrected chi connectivity index (χ3v) is 11.0. The number of carbonyl (C=O) groups is 2. The third kappa shape index (κ3) is 24.6. The van der Waals surface area contributed by atoms with Crippen LogP contribution in [0.15, 0.2) is 60.8 Å². The number of carbonyl (C=O) groups excluding carboxylic acids is 2. The fraction of sp³-hybridized carbons (Fsp3) is 0.755. The highest BCUT2D eigenvalue weighted by atomic mass is 16.7. The Labute approximate surface area is 381 Å². The number of hydrogen-bond acceptors (Lipinski definition) is 15. The standard InChI is InChI=1S/C49H82O15/c1-3-5-7-9-11-13-15-16-17-18-19-20-22-24-26-28-30-32-41(52)62-37(34-59-40(51)31-29-27-25-23-21-14-12-10-8-6-4-2)35-60-48-47(58)45(56)43(54)39(64-48)36-61-49-46(57)44(55)42(53)38(33-50)63-49/h5,7,11,13,16-17,19-20,24,26,37-39,42-50,53-58H,3-4,6,8-10,12,14-15,18,21-23,25,27-36H2,1-2H3/b7-5+,13-11+,17-16+,20-19+,26-24+/t37-,38+,39+,42-,43-,44?,45?,46?,47?,48+,49+/m1/s1. The molecule has 2 fully saturated rings. The normalized spacial score (nSPS) is 27.1. The molecule has 2 aliphatic heterocycles. The molecule has 0 bridgehead atoms. The molecule has 0 spiro atoms. The number of allylic oxidation sites excluding steroid dienone is 10. The zero-order valence-electron chi connectivity index (χ0n) is 38.5. The van der Waals surface area contributed by atoms with E-state index in [4.69, 9.17) is 28.4 Å². The summed E-state index contributed by atoms with van der Waals surface area (Å²) in [5.74, 6) is -0.998. The molecule has 2 saturated heterocycles. The molecule has 0 aromatic carbocycles. The van der Waals surface area contributed by atoms with Crippen molar-refractivity contribution in [3.8, 4) is 0 Å². The summed E-state index contributed by atoms with van der Waals surface area (Å²) in [7, 11) is 0. The molecule has 2 heterocycles. The van der Waals surface area contributed by atoms with Gasteiger partial charge in [-0.05, 0) is 51.4 Å². The zero-order valence-corrected chi connectivity index (χ0v) is 38.5. The van der Waals surface area contributed by atoms with Gasteiger partial charge in [0.1, 0.15) is 55.4 Å². The van der Waals surface area contributed by atoms with Crippen LogP contribution >= 0.6 is 0 Å². The maximum atomic E-state index is 12.9. The van der Waals surface area contributed by atoms with E-state index in [-0.39, 0.29) is 19.4 Å². The van der Waals surface area contributed by atoms with E-state index in [1.807, 2.05) is 12.2 Å². The van der Waals surface area contributed by atoms with E-state index >= 15 is 0 Å². The Morgan fingerprint density at radius 1 is 0.516 bits per heavy atom. The first-order valence-corrected chi connectivity index (χ1v) is 23.9. The molecule has 2 rings (SSSR count). The molecule has 15 heteroatoms. The third-order valence-electron chi connectivity index (χ3n) is 11.0. The van der Waals surface area contributed by atoms with Crippen molar-refractivity contribution in [1.82, 2.24) is 0 Å². The number of aliphatic hydroxyl groups is 7. The van der Waals surface area contributed by atoms with Gasteiger partial charge in [-0.3, -0.25) is 9.59 Å². The summed E-state index contributed by atoms with van der Waals surface area (Å²) in [6.45, 7) is 2.38. The van der Waals surface area contributed by atoms with E-state index in [1.165, 1.54) is 44.9 Å². The summed E-state index contributed by atoms with van der Waals surface area (Å²) in [4.78, 5) is 25.6. The molecule has 4 unspecified atom stereocenters. The highest BCUT2D eigenvalue weighted by Gasteiger charge is 2.47. The number of aliphatic hydroxyl groups excluding tert-OH is 7. The zero-order chi connectivity index (χ0) is 46.8. The molecule has 7 N–H and O–H groups in total. The van der Waals surface area contributed by atoms with Crippen LogP contribution in [0.3, 0.4) is 0 Å². The highest BCUT2D eigenvalue weighted by molar-refractivity contribution is 5.70.